The van der Waals surface area contributed by atoms with Gasteiger partial charge in [-0.3, -0.25) is 4.79 Å². The van der Waals surface area contributed by atoms with Crippen molar-refractivity contribution in [2.24, 2.45) is 5.41 Å². The summed E-state index contributed by atoms with van der Waals surface area (Å²) in [5, 5.41) is 7.69. The number of aromatic nitrogens is 2. The van der Waals surface area contributed by atoms with Crippen LogP contribution in [0.5, 0.6) is 0 Å². The predicted octanol–water partition coefficient (Wildman–Crippen LogP) is 2.91. The zero-order chi connectivity index (χ0) is 13.3. The Balaban J connectivity index is 2.16. The Kier molecular flexibility index (Phi) is 3.66. The minimum absolute atomic E-state index is 0.221. The van der Waals surface area contributed by atoms with E-state index < -0.39 is 0 Å². The van der Waals surface area contributed by atoms with Crippen molar-refractivity contribution in [2.45, 2.75) is 52.6 Å². The molecule has 1 saturated carbocycles. The van der Waals surface area contributed by atoms with Crippen LogP contribution in [0.1, 0.15) is 40.0 Å². The normalized spacial score (nSPS) is 22.1. The third-order valence-electron chi connectivity index (χ3n) is 3.61. The van der Waals surface area contributed by atoms with Gasteiger partial charge in [0.15, 0.2) is 0 Å². The second kappa shape index (κ2) is 4.92. The summed E-state index contributed by atoms with van der Waals surface area (Å²) >= 11 is 6.09. The van der Waals surface area contributed by atoms with Crippen LogP contribution in [0.15, 0.2) is 11.0 Å². The molecule has 0 aromatic carbocycles. The largest absolute Gasteiger partial charge is 0.380 e. The van der Waals surface area contributed by atoms with Gasteiger partial charge in [0.05, 0.1) is 11.9 Å². The number of hydrogen-bond acceptors (Lipinski definition) is 3. The van der Waals surface area contributed by atoms with Crippen molar-refractivity contribution >= 4 is 17.3 Å². The molecule has 5 heteroatoms. The fourth-order valence-corrected chi connectivity index (χ4v) is 2.77. The zero-order valence-corrected chi connectivity index (χ0v) is 11.9. The third-order valence-corrected chi connectivity index (χ3v) is 3.98. The summed E-state index contributed by atoms with van der Waals surface area (Å²) in [4.78, 5) is 11.9. The van der Waals surface area contributed by atoms with Crippen LogP contribution in [0.3, 0.4) is 0 Å². The van der Waals surface area contributed by atoms with Crippen molar-refractivity contribution in [1.82, 2.24) is 9.78 Å². The molecule has 18 heavy (non-hydrogen) atoms. The summed E-state index contributed by atoms with van der Waals surface area (Å²) in [5.74, 6) is 0. The minimum Gasteiger partial charge on any atom is -0.380 e. The lowest BCUT2D eigenvalue weighted by Crippen LogP contribution is -2.25. The highest BCUT2D eigenvalue weighted by Gasteiger charge is 2.31. The standard InChI is InChI=1S/C13H20ClN3O/c1-4-17-12(18)11(14)10(8-15-17)16-9-5-6-13(2,3)7-9/h8-9,16H,4-7H2,1-3H3. The Labute approximate surface area is 112 Å². The molecule has 1 N–H and O–H groups in total. The second-order valence-electron chi connectivity index (χ2n) is 5.74. The van der Waals surface area contributed by atoms with Crippen LogP contribution < -0.4 is 10.9 Å². The Morgan fingerprint density at radius 2 is 2.33 bits per heavy atom. The highest BCUT2D eigenvalue weighted by atomic mass is 35.5. The van der Waals surface area contributed by atoms with E-state index in [1.54, 1.807) is 6.20 Å². The van der Waals surface area contributed by atoms with Crippen LogP contribution in [0.2, 0.25) is 5.02 Å². The van der Waals surface area contributed by atoms with Gasteiger partial charge in [0.25, 0.3) is 5.56 Å². The fourth-order valence-electron chi connectivity index (χ4n) is 2.57. The van der Waals surface area contributed by atoms with E-state index in [0.717, 1.165) is 12.8 Å². The van der Waals surface area contributed by atoms with E-state index in [1.807, 2.05) is 6.92 Å². The SMILES string of the molecule is CCn1ncc(NC2CCC(C)(C)C2)c(Cl)c1=O. The molecule has 100 valence electrons. The van der Waals surface area contributed by atoms with Gasteiger partial charge < -0.3 is 5.32 Å². The molecule has 0 amide bonds. The van der Waals surface area contributed by atoms with E-state index in [1.165, 1.54) is 11.1 Å². The van der Waals surface area contributed by atoms with E-state index in [4.69, 9.17) is 11.6 Å². The van der Waals surface area contributed by atoms with Crippen LogP contribution in [0, 0.1) is 5.41 Å². The maximum absolute atomic E-state index is 11.9. The first kappa shape index (κ1) is 13.4. The van der Waals surface area contributed by atoms with Gasteiger partial charge in [0.2, 0.25) is 0 Å². The average Bonchev–Trinajstić information content (AvgIpc) is 2.65. The molecule has 0 radical (unpaired) electrons. The van der Waals surface area contributed by atoms with Crippen LogP contribution in [0.4, 0.5) is 5.69 Å². The van der Waals surface area contributed by atoms with Crippen molar-refractivity contribution in [2.75, 3.05) is 5.32 Å². The minimum atomic E-state index is -0.221. The number of rotatable bonds is 3. The van der Waals surface area contributed by atoms with Gasteiger partial charge in [-0.15, -0.1) is 0 Å². The molecule has 0 saturated heterocycles. The monoisotopic (exact) mass is 269 g/mol. The van der Waals surface area contributed by atoms with Crippen LogP contribution in [-0.4, -0.2) is 15.8 Å². The topological polar surface area (TPSA) is 46.9 Å². The molecule has 0 spiro atoms. The van der Waals surface area contributed by atoms with Crippen molar-refractivity contribution in [3.8, 4) is 0 Å². The fraction of sp³-hybridized carbons (Fsp3) is 0.692. The Morgan fingerprint density at radius 1 is 1.61 bits per heavy atom. The van der Waals surface area contributed by atoms with E-state index in [9.17, 15) is 4.79 Å². The summed E-state index contributed by atoms with van der Waals surface area (Å²) in [7, 11) is 0. The molecule has 0 bridgehead atoms. The lowest BCUT2D eigenvalue weighted by molar-refractivity contribution is 0.378. The van der Waals surface area contributed by atoms with Crippen molar-refractivity contribution in [3.63, 3.8) is 0 Å². The Bertz CT molecular complexity index is 495. The van der Waals surface area contributed by atoms with E-state index in [2.05, 4.69) is 24.3 Å². The number of anilines is 1. The van der Waals surface area contributed by atoms with Gasteiger partial charge in [-0.1, -0.05) is 25.4 Å². The first-order valence-corrected chi connectivity index (χ1v) is 6.83. The highest BCUT2D eigenvalue weighted by Crippen LogP contribution is 2.38. The van der Waals surface area contributed by atoms with Crippen molar-refractivity contribution < 1.29 is 0 Å². The Hall–Kier alpha value is -1.03. The molecule has 1 heterocycles. The van der Waals surface area contributed by atoms with Gasteiger partial charge in [0.1, 0.15) is 5.02 Å². The zero-order valence-electron chi connectivity index (χ0n) is 11.2. The molecule has 1 unspecified atom stereocenters. The molecular weight excluding hydrogens is 250 g/mol. The van der Waals surface area contributed by atoms with E-state index >= 15 is 0 Å². The predicted molar refractivity (Wildman–Crippen MR) is 74.2 cm³/mol. The lowest BCUT2D eigenvalue weighted by Gasteiger charge is -2.19. The summed E-state index contributed by atoms with van der Waals surface area (Å²) in [6.45, 7) is 6.94. The first-order valence-electron chi connectivity index (χ1n) is 6.45. The average molecular weight is 270 g/mol. The molecule has 0 aliphatic heterocycles. The molecule has 1 aliphatic carbocycles. The first-order chi connectivity index (χ1) is 8.43. The molecule has 1 aliphatic rings. The maximum atomic E-state index is 11.9. The smallest absolute Gasteiger partial charge is 0.287 e. The molecule has 2 rings (SSSR count). The molecular formula is C13H20ClN3O. The van der Waals surface area contributed by atoms with Crippen LogP contribution in [0.25, 0.3) is 0 Å². The van der Waals surface area contributed by atoms with Gasteiger partial charge >= 0.3 is 0 Å². The van der Waals surface area contributed by atoms with Crippen molar-refractivity contribution in [3.05, 3.63) is 21.6 Å². The number of nitrogens with zero attached hydrogens (tertiary/aromatic N) is 2. The lowest BCUT2D eigenvalue weighted by atomic mass is 9.92. The summed E-state index contributed by atoms with van der Waals surface area (Å²) < 4.78 is 1.37. The summed E-state index contributed by atoms with van der Waals surface area (Å²) in [6, 6.07) is 0.385. The third kappa shape index (κ3) is 2.69. The van der Waals surface area contributed by atoms with Crippen LogP contribution in [-0.2, 0) is 6.54 Å². The van der Waals surface area contributed by atoms with Gasteiger partial charge in [-0.2, -0.15) is 5.10 Å². The van der Waals surface area contributed by atoms with Gasteiger partial charge in [-0.05, 0) is 31.6 Å². The molecule has 1 atom stereocenters. The second-order valence-corrected chi connectivity index (χ2v) is 6.12. The van der Waals surface area contributed by atoms with Crippen LogP contribution >= 0.6 is 11.6 Å². The van der Waals surface area contributed by atoms with E-state index in [0.29, 0.717) is 23.7 Å². The van der Waals surface area contributed by atoms with Gasteiger partial charge in [-0.25, -0.2) is 4.68 Å². The quantitative estimate of drug-likeness (QED) is 0.918. The van der Waals surface area contributed by atoms with Gasteiger partial charge in [0, 0.05) is 12.6 Å². The molecule has 4 nitrogen and oxygen atoms in total. The molecule has 1 aromatic heterocycles. The summed E-state index contributed by atoms with van der Waals surface area (Å²) in [6.07, 6.45) is 5.06. The molecule has 1 aromatic rings. The molecule has 1 fully saturated rings. The maximum Gasteiger partial charge on any atom is 0.287 e. The number of halogens is 1. The number of hydrogen-bond donors (Lipinski definition) is 1. The van der Waals surface area contributed by atoms with E-state index in [-0.39, 0.29) is 10.6 Å². The van der Waals surface area contributed by atoms with Crippen molar-refractivity contribution in [1.29, 1.82) is 0 Å². The number of aryl methyl sites for hydroxylation is 1. The summed E-state index contributed by atoms with van der Waals surface area (Å²) in [5.41, 5.74) is 0.811. The number of nitrogens with one attached hydrogen (secondary N) is 1. The highest BCUT2D eigenvalue weighted by molar-refractivity contribution is 6.32. The Morgan fingerprint density at radius 3 is 2.89 bits per heavy atom.